The van der Waals surface area contributed by atoms with Crippen molar-refractivity contribution < 1.29 is 24.2 Å². The summed E-state index contributed by atoms with van der Waals surface area (Å²) < 4.78 is 12.3. The second-order valence-corrected chi connectivity index (χ2v) is 9.19. The van der Waals surface area contributed by atoms with Gasteiger partial charge in [-0.2, -0.15) is 4.99 Å². The summed E-state index contributed by atoms with van der Waals surface area (Å²) >= 11 is 6.50. The highest BCUT2D eigenvalue weighted by atomic mass is 35.5. The van der Waals surface area contributed by atoms with Crippen LogP contribution in [0.25, 0.3) is 0 Å². The highest BCUT2D eigenvalue weighted by Gasteiger charge is 2.18. The number of benzene rings is 2. The number of aliphatic imine (C=N–C) groups is 1. The zero-order valence-electron chi connectivity index (χ0n) is 22.1. The van der Waals surface area contributed by atoms with E-state index in [1.54, 1.807) is 6.07 Å². The molecule has 0 radical (unpaired) electrons. The quantitative estimate of drug-likeness (QED) is 0.105. The predicted octanol–water partition coefficient (Wildman–Crippen LogP) is 6.58. The number of halogens is 1. The van der Waals surface area contributed by atoms with Crippen molar-refractivity contribution in [3.05, 3.63) is 46.5 Å². The van der Waals surface area contributed by atoms with Gasteiger partial charge >= 0.3 is 6.09 Å². The number of nitrogens with one attached hydrogen (secondary N) is 2. The van der Waals surface area contributed by atoms with Crippen LogP contribution in [-0.2, 0) is 16.0 Å². The number of hydrogen-bond donors (Lipinski definition) is 4. The molecular weight excluding hydrogens is 496 g/mol. The molecule has 0 aliphatic carbocycles. The predicted molar refractivity (Wildman–Crippen MR) is 148 cm³/mol. The highest BCUT2D eigenvalue weighted by molar-refractivity contribution is 6.42. The third-order valence-electron chi connectivity index (χ3n) is 5.88. The summed E-state index contributed by atoms with van der Waals surface area (Å²) in [6, 6.07) is 8.96. The van der Waals surface area contributed by atoms with Crippen LogP contribution in [0.5, 0.6) is 11.5 Å². The van der Waals surface area contributed by atoms with E-state index >= 15 is 0 Å². The van der Waals surface area contributed by atoms with Gasteiger partial charge in [-0.05, 0) is 67.6 Å². The average Bonchev–Trinajstić information content (AvgIpc) is 2.85. The fraction of sp³-hybridized carbons (Fsp3) is 0.444. The number of nitrogens with two attached hydrogens (primary N) is 1. The monoisotopic (exact) mass is 532 g/mol. The molecule has 2 aromatic carbocycles. The molecule has 37 heavy (non-hydrogen) atoms. The fourth-order valence-electron chi connectivity index (χ4n) is 3.50. The number of amidine groups is 1. The van der Waals surface area contributed by atoms with E-state index in [4.69, 9.17) is 31.9 Å². The lowest BCUT2D eigenvalue weighted by molar-refractivity contribution is -0.110. The Balaban J connectivity index is 2.21. The smallest absolute Gasteiger partial charge is 0.433 e. The summed E-state index contributed by atoms with van der Waals surface area (Å²) in [6.45, 7) is 11.1. The lowest BCUT2D eigenvalue weighted by Gasteiger charge is -2.26. The van der Waals surface area contributed by atoms with Gasteiger partial charge in [0, 0.05) is 23.9 Å². The van der Waals surface area contributed by atoms with Gasteiger partial charge in [0.2, 0.25) is 0 Å². The minimum atomic E-state index is -1.56. The molecule has 202 valence electrons. The topological polar surface area (TPSA) is 135 Å². The summed E-state index contributed by atoms with van der Waals surface area (Å²) in [7, 11) is 0. The minimum Gasteiger partial charge on any atom is -0.463 e. The lowest BCUT2D eigenvalue weighted by atomic mass is 10.1. The van der Waals surface area contributed by atoms with Gasteiger partial charge in [-0.15, -0.1) is 0 Å². The van der Waals surface area contributed by atoms with Crippen LogP contribution in [0, 0.1) is 12.8 Å². The maximum absolute atomic E-state index is 12.1. The molecule has 5 N–H and O–H groups in total. The van der Waals surface area contributed by atoms with E-state index in [-0.39, 0.29) is 11.3 Å². The van der Waals surface area contributed by atoms with Gasteiger partial charge in [0.05, 0.1) is 5.02 Å². The first-order chi connectivity index (χ1) is 17.6. The van der Waals surface area contributed by atoms with Crippen molar-refractivity contribution in [1.82, 2.24) is 0 Å². The highest BCUT2D eigenvalue weighted by Crippen LogP contribution is 2.37. The molecule has 2 unspecified atom stereocenters. The zero-order valence-corrected chi connectivity index (χ0v) is 22.8. The van der Waals surface area contributed by atoms with Crippen molar-refractivity contribution in [3.8, 4) is 11.5 Å². The van der Waals surface area contributed by atoms with E-state index in [1.807, 2.05) is 32.0 Å². The number of rotatable bonds is 12. The number of nitrogens with zero attached hydrogens (tertiary/aromatic N) is 1. The Hall–Kier alpha value is -3.30. The van der Waals surface area contributed by atoms with E-state index in [9.17, 15) is 9.59 Å². The van der Waals surface area contributed by atoms with Crippen LogP contribution in [0.15, 0.2) is 35.3 Å². The first-order valence-electron chi connectivity index (χ1n) is 12.5. The van der Waals surface area contributed by atoms with Gasteiger partial charge in [-0.3, -0.25) is 4.79 Å². The van der Waals surface area contributed by atoms with Crippen LogP contribution in [0.3, 0.4) is 0 Å². The Kier molecular flexibility index (Phi) is 11.7. The van der Waals surface area contributed by atoms with Gasteiger partial charge in [-0.25, -0.2) is 4.79 Å². The third kappa shape index (κ3) is 8.94. The number of aryl methyl sites for hydroxylation is 2. The van der Waals surface area contributed by atoms with Crippen LogP contribution in [0.2, 0.25) is 5.02 Å². The number of hydrogen-bond acceptors (Lipinski definition) is 5. The lowest BCUT2D eigenvalue weighted by Crippen LogP contribution is -2.31. The summed E-state index contributed by atoms with van der Waals surface area (Å²) in [5, 5.41) is 15.0. The maximum atomic E-state index is 12.1. The van der Waals surface area contributed by atoms with Crippen molar-refractivity contribution in [2.45, 2.75) is 66.5 Å². The summed E-state index contributed by atoms with van der Waals surface area (Å²) in [5.74, 6) is -0.0845. The van der Waals surface area contributed by atoms with E-state index in [0.29, 0.717) is 36.1 Å². The second kappa shape index (κ2) is 14.4. The number of carbonyl (C=O) groups is 2. The molecule has 0 spiro atoms. The summed E-state index contributed by atoms with van der Waals surface area (Å²) in [5.41, 5.74) is 8.46. The largest absolute Gasteiger partial charge is 0.463 e. The van der Waals surface area contributed by atoms with E-state index < -0.39 is 17.8 Å². The van der Waals surface area contributed by atoms with Crippen LogP contribution < -0.4 is 21.1 Å². The number of anilines is 2. The van der Waals surface area contributed by atoms with Gasteiger partial charge in [0.15, 0.2) is 5.84 Å². The van der Waals surface area contributed by atoms with Crippen molar-refractivity contribution in [2.24, 2.45) is 16.6 Å². The molecule has 0 bridgehead atoms. The SMILES string of the molecule is CCCCOC(Nc1ccc(Oc2c(Cl)cc(NC(=O)/C(N)=N/C(=O)O)cc2CC)cc1C)C(C)CC. The molecule has 0 saturated carbocycles. The van der Waals surface area contributed by atoms with Crippen molar-refractivity contribution in [3.63, 3.8) is 0 Å². The minimum absolute atomic E-state index is 0.0829. The Bertz CT molecular complexity index is 1120. The van der Waals surface area contributed by atoms with Crippen LogP contribution in [0.4, 0.5) is 16.2 Å². The number of carboxylic acid groups (broad SMARTS) is 1. The zero-order chi connectivity index (χ0) is 27.5. The molecule has 2 aromatic rings. The molecular formula is C27H37ClN4O5. The molecule has 0 fully saturated rings. The number of amides is 2. The Labute approximate surface area is 223 Å². The van der Waals surface area contributed by atoms with Gasteiger partial charge in [0.1, 0.15) is 17.7 Å². The maximum Gasteiger partial charge on any atom is 0.433 e. The van der Waals surface area contributed by atoms with Crippen molar-refractivity contribution >= 4 is 40.8 Å². The van der Waals surface area contributed by atoms with E-state index in [0.717, 1.165) is 36.1 Å². The van der Waals surface area contributed by atoms with Crippen LogP contribution >= 0.6 is 11.6 Å². The van der Waals surface area contributed by atoms with E-state index in [1.165, 1.54) is 6.07 Å². The molecule has 10 heteroatoms. The van der Waals surface area contributed by atoms with Crippen molar-refractivity contribution in [1.29, 1.82) is 0 Å². The Morgan fingerprint density at radius 1 is 1.19 bits per heavy atom. The number of unbranched alkanes of at least 4 members (excludes halogenated alkanes) is 1. The van der Waals surface area contributed by atoms with Crippen molar-refractivity contribution in [2.75, 3.05) is 17.2 Å². The molecule has 9 nitrogen and oxygen atoms in total. The molecule has 0 heterocycles. The van der Waals surface area contributed by atoms with Gasteiger partial charge in [-0.1, -0.05) is 45.7 Å². The number of ether oxygens (including phenoxy) is 2. The number of carbonyl (C=O) groups excluding carboxylic acids is 1. The second-order valence-electron chi connectivity index (χ2n) is 8.79. The van der Waals surface area contributed by atoms with Gasteiger partial charge < -0.3 is 30.9 Å². The Morgan fingerprint density at radius 3 is 2.51 bits per heavy atom. The van der Waals surface area contributed by atoms with Gasteiger partial charge in [0.25, 0.3) is 5.91 Å². The molecule has 2 atom stereocenters. The first-order valence-corrected chi connectivity index (χ1v) is 12.8. The standard InChI is InChI=1S/C27H37ClN4O5/c1-6-9-12-36-26(16(4)7-2)31-22-11-10-20(13-17(22)5)37-23-18(8-3)14-19(15-21(23)28)30-25(33)24(29)32-27(34)35/h10-11,13-16,26,31H,6-9,12H2,1-5H3,(H2,29,32)(H,30,33)(H,34,35). The fourth-order valence-corrected chi connectivity index (χ4v) is 3.78. The molecule has 0 aliphatic heterocycles. The molecule has 2 amide bonds. The summed E-state index contributed by atoms with van der Waals surface area (Å²) in [4.78, 5) is 25.7. The molecule has 0 aromatic heterocycles. The van der Waals surface area contributed by atoms with E-state index in [2.05, 4.69) is 36.4 Å². The summed E-state index contributed by atoms with van der Waals surface area (Å²) in [6.07, 6.45) is 2.03. The Morgan fingerprint density at radius 2 is 1.92 bits per heavy atom. The first kappa shape index (κ1) is 29.9. The normalized spacial score (nSPS) is 13.1. The average molecular weight is 533 g/mol. The molecule has 0 aliphatic rings. The van der Waals surface area contributed by atoms with Crippen LogP contribution in [-0.4, -0.2) is 35.8 Å². The molecule has 2 rings (SSSR count). The van der Waals surface area contributed by atoms with Crippen LogP contribution in [0.1, 0.15) is 58.1 Å². The third-order valence-corrected chi connectivity index (χ3v) is 6.16. The molecule has 0 saturated heterocycles.